The van der Waals surface area contributed by atoms with Gasteiger partial charge in [-0.05, 0) is 18.6 Å². The van der Waals surface area contributed by atoms with Crippen molar-refractivity contribution in [3.63, 3.8) is 0 Å². The zero-order valence-electron chi connectivity index (χ0n) is 8.40. The van der Waals surface area contributed by atoms with Crippen LogP contribution in [0.4, 0.5) is 0 Å². The lowest BCUT2D eigenvalue weighted by atomic mass is 10.1. The quantitative estimate of drug-likeness (QED) is 0.546. The average Bonchev–Trinajstić information content (AvgIpc) is 2.70. The number of carbonyl (C=O) groups excluding carboxylic acids is 1. The summed E-state index contributed by atoms with van der Waals surface area (Å²) < 4.78 is 9.70. The second-order valence-electron chi connectivity index (χ2n) is 3.08. The highest BCUT2D eigenvalue weighted by molar-refractivity contribution is 5.81. The Morgan fingerprint density at radius 2 is 2.50 bits per heavy atom. The standard InChI is InChI=1S/C11H14O3/c1-9(10-6-4-8-14-10)5-3-7-11(12)13-2/h3-4,6-9H,5H2,1-2H3. The first-order valence-corrected chi connectivity index (χ1v) is 4.52. The maximum atomic E-state index is 10.7. The maximum Gasteiger partial charge on any atom is 0.330 e. The first-order valence-electron chi connectivity index (χ1n) is 4.52. The predicted molar refractivity (Wildman–Crippen MR) is 52.9 cm³/mol. The highest BCUT2D eigenvalue weighted by Gasteiger charge is 2.05. The minimum Gasteiger partial charge on any atom is -0.469 e. The summed E-state index contributed by atoms with van der Waals surface area (Å²) in [6.45, 7) is 2.04. The van der Waals surface area contributed by atoms with Crippen molar-refractivity contribution in [2.45, 2.75) is 19.3 Å². The van der Waals surface area contributed by atoms with Crippen molar-refractivity contribution in [2.75, 3.05) is 7.11 Å². The van der Waals surface area contributed by atoms with Crippen molar-refractivity contribution in [1.82, 2.24) is 0 Å². The summed E-state index contributed by atoms with van der Waals surface area (Å²) in [5, 5.41) is 0. The van der Waals surface area contributed by atoms with Crippen LogP contribution in [0.15, 0.2) is 35.0 Å². The van der Waals surface area contributed by atoms with Gasteiger partial charge in [0.1, 0.15) is 5.76 Å². The van der Waals surface area contributed by atoms with Crippen LogP contribution in [0.2, 0.25) is 0 Å². The molecule has 1 heterocycles. The molecular weight excluding hydrogens is 180 g/mol. The topological polar surface area (TPSA) is 39.4 Å². The molecule has 0 bridgehead atoms. The van der Waals surface area contributed by atoms with Gasteiger partial charge in [-0.15, -0.1) is 0 Å². The van der Waals surface area contributed by atoms with Crippen LogP contribution in [0.1, 0.15) is 25.0 Å². The molecular formula is C11H14O3. The smallest absolute Gasteiger partial charge is 0.330 e. The van der Waals surface area contributed by atoms with Gasteiger partial charge in [0.05, 0.1) is 13.4 Å². The van der Waals surface area contributed by atoms with Crippen molar-refractivity contribution in [3.8, 4) is 0 Å². The van der Waals surface area contributed by atoms with Crippen LogP contribution < -0.4 is 0 Å². The Kier molecular flexibility index (Phi) is 3.98. The lowest BCUT2D eigenvalue weighted by Crippen LogP contribution is -1.94. The van der Waals surface area contributed by atoms with Gasteiger partial charge in [-0.2, -0.15) is 0 Å². The molecule has 0 radical (unpaired) electrons. The maximum absolute atomic E-state index is 10.7. The van der Waals surface area contributed by atoms with Crippen LogP contribution in [0, 0.1) is 0 Å². The monoisotopic (exact) mass is 194 g/mol. The van der Waals surface area contributed by atoms with Gasteiger partial charge in [-0.25, -0.2) is 4.79 Å². The summed E-state index contributed by atoms with van der Waals surface area (Å²) in [5.74, 6) is 0.891. The third kappa shape index (κ3) is 3.09. The molecule has 0 spiro atoms. The van der Waals surface area contributed by atoms with Gasteiger partial charge in [-0.3, -0.25) is 0 Å². The Morgan fingerprint density at radius 1 is 1.71 bits per heavy atom. The minimum atomic E-state index is -0.323. The number of esters is 1. The SMILES string of the molecule is COC(=O)C=CCC(C)c1ccco1. The molecule has 1 aromatic heterocycles. The molecule has 0 aliphatic rings. The zero-order chi connectivity index (χ0) is 10.4. The fraction of sp³-hybridized carbons (Fsp3) is 0.364. The van der Waals surface area contributed by atoms with E-state index in [-0.39, 0.29) is 11.9 Å². The van der Waals surface area contributed by atoms with Crippen LogP contribution in [0.5, 0.6) is 0 Å². The lowest BCUT2D eigenvalue weighted by molar-refractivity contribution is -0.134. The number of hydrogen-bond donors (Lipinski definition) is 0. The van der Waals surface area contributed by atoms with Crippen molar-refractivity contribution in [1.29, 1.82) is 0 Å². The van der Waals surface area contributed by atoms with Gasteiger partial charge in [0.2, 0.25) is 0 Å². The third-order valence-corrected chi connectivity index (χ3v) is 1.97. The van der Waals surface area contributed by atoms with Crippen molar-refractivity contribution in [3.05, 3.63) is 36.3 Å². The number of furan rings is 1. The van der Waals surface area contributed by atoms with E-state index in [4.69, 9.17) is 4.42 Å². The predicted octanol–water partition coefficient (Wildman–Crippen LogP) is 2.50. The summed E-state index contributed by atoms with van der Waals surface area (Å²) in [4.78, 5) is 10.7. The number of rotatable bonds is 4. The van der Waals surface area contributed by atoms with E-state index in [9.17, 15) is 4.79 Å². The second-order valence-corrected chi connectivity index (χ2v) is 3.08. The van der Waals surface area contributed by atoms with Gasteiger partial charge in [0.15, 0.2) is 0 Å². The minimum absolute atomic E-state index is 0.283. The van der Waals surface area contributed by atoms with E-state index >= 15 is 0 Å². The highest BCUT2D eigenvalue weighted by Crippen LogP contribution is 2.19. The Balaban J connectivity index is 2.39. The largest absolute Gasteiger partial charge is 0.469 e. The first-order chi connectivity index (χ1) is 6.74. The van der Waals surface area contributed by atoms with Gasteiger partial charge in [0, 0.05) is 12.0 Å². The fourth-order valence-corrected chi connectivity index (χ4v) is 1.12. The number of hydrogen-bond acceptors (Lipinski definition) is 3. The van der Waals surface area contributed by atoms with Crippen LogP contribution in [0.3, 0.4) is 0 Å². The Labute approximate surface area is 83.4 Å². The fourth-order valence-electron chi connectivity index (χ4n) is 1.12. The third-order valence-electron chi connectivity index (χ3n) is 1.97. The number of methoxy groups -OCH3 is 1. The summed E-state index contributed by atoms with van der Waals surface area (Å²) >= 11 is 0. The van der Waals surface area contributed by atoms with E-state index < -0.39 is 0 Å². The molecule has 1 unspecified atom stereocenters. The number of carbonyl (C=O) groups is 1. The molecule has 0 aliphatic carbocycles. The molecule has 0 aromatic carbocycles. The van der Waals surface area contributed by atoms with E-state index in [1.807, 2.05) is 19.1 Å². The van der Waals surface area contributed by atoms with Gasteiger partial charge >= 0.3 is 5.97 Å². The van der Waals surface area contributed by atoms with Crippen LogP contribution in [-0.2, 0) is 9.53 Å². The van der Waals surface area contributed by atoms with Crippen LogP contribution >= 0.6 is 0 Å². The summed E-state index contributed by atoms with van der Waals surface area (Å²) in [6, 6.07) is 3.78. The molecule has 14 heavy (non-hydrogen) atoms. The van der Waals surface area contributed by atoms with Crippen molar-refractivity contribution < 1.29 is 13.9 Å². The average molecular weight is 194 g/mol. The van der Waals surface area contributed by atoms with E-state index in [0.29, 0.717) is 0 Å². The molecule has 0 N–H and O–H groups in total. The van der Waals surface area contributed by atoms with E-state index in [0.717, 1.165) is 12.2 Å². The molecule has 1 atom stereocenters. The number of ether oxygens (including phenoxy) is 1. The normalized spacial score (nSPS) is 13.0. The molecule has 0 saturated heterocycles. The molecule has 0 aliphatic heterocycles. The van der Waals surface area contributed by atoms with Crippen LogP contribution in [-0.4, -0.2) is 13.1 Å². The Bertz CT molecular complexity index is 298. The van der Waals surface area contributed by atoms with Gasteiger partial charge in [-0.1, -0.05) is 13.0 Å². The number of allylic oxidation sites excluding steroid dienone is 1. The summed E-state index contributed by atoms with van der Waals surface area (Å²) in [6.07, 6.45) is 5.64. The molecule has 3 heteroatoms. The Hall–Kier alpha value is -1.51. The lowest BCUT2D eigenvalue weighted by Gasteiger charge is -2.03. The highest BCUT2D eigenvalue weighted by atomic mass is 16.5. The molecule has 3 nitrogen and oxygen atoms in total. The zero-order valence-corrected chi connectivity index (χ0v) is 8.40. The van der Waals surface area contributed by atoms with E-state index in [1.54, 1.807) is 12.3 Å². The first kappa shape index (κ1) is 10.6. The van der Waals surface area contributed by atoms with E-state index in [1.165, 1.54) is 13.2 Å². The van der Waals surface area contributed by atoms with Gasteiger partial charge in [0.25, 0.3) is 0 Å². The molecule has 0 amide bonds. The van der Waals surface area contributed by atoms with Crippen LogP contribution in [0.25, 0.3) is 0 Å². The Morgan fingerprint density at radius 3 is 3.07 bits per heavy atom. The molecule has 0 fully saturated rings. The molecule has 76 valence electrons. The van der Waals surface area contributed by atoms with E-state index in [2.05, 4.69) is 4.74 Å². The summed E-state index contributed by atoms with van der Waals surface area (Å²) in [7, 11) is 1.36. The molecule has 1 rings (SSSR count). The molecule has 1 aromatic rings. The van der Waals surface area contributed by atoms with Gasteiger partial charge < -0.3 is 9.15 Å². The van der Waals surface area contributed by atoms with Crippen molar-refractivity contribution >= 4 is 5.97 Å². The molecule has 0 saturated carbocycles. The summed E-state index contributed by atoms with van der Waals surface area (Å²) in [5.41, 5.74) is 0. The second kappa shape index (κ2) is 5.27. The van der Waals surface area contributed by atoms with Crippen molar-refractivity contribution in [2.24, 2.45) is 0 Å².